The fraction of sp³-hybridized carbons (Fsp3) is 0.429. The number of imide groups is 1. The van der Waals surface area contributed by atoms with Crippen molar-refractivity contribution in [2.24, 2.45) is 16.3 Å². The van der Waals surface area contributed by atoms with Crippen molar-refractivity contribution in [2.75, 3.05) is 26.7 Å². The second-order valence-corrected chi connectivity index (χ2v) is 10.7. The first-order chi connectivity index (χ1) is 19.0. The molecule has 1 fully saturated rings. The number of hydrazone groups is 1. The van der Waals surface area contributed by atoms with Crippen molar-refractivity contribution in [3.63, 3.8) is 0 Å². The highest BCUT2D eigenvalue weighted by Crippen LogP contribution is 2.38. The molecule has 12 nitrogen and oxygen atoms in total. The Morgan fingerprint density at radius 1 is 1.12 bits per heavy atom. The summed E-state index contributed by atoms with van der Waals surface area (Å²) in [6.07, 6.45) is 2.32. The molecule has 0 radical (unpaired) electrons. The molecule has 1 saturated heterocycles. The van der Waals surface area contributed by atoms with E-state index in [-0.39, 0.29) is 56.9 Å². The highest BCUT2D eigenvalue weighted by molar-refractivity contribution is 6.13. The van der Waals surface area contributed by atoms with Crippen LogP contribution in [0.2, 0.25) is 0 Å². The zero-order chi connectivity index (χ0) is 28.9. The maximum absolute atomic E-state index is 13.8. The number of carbonyl (C=O) groups excluding carboxylic acids is 4. The first-order valence-corrected chi connectivity index (χ1v) is 13.1. The summed E-state index contributed by atoms with van der Waals surface area (Å²) in [5.41, 5.74) is 5.73. The van der Waals surface area contributed by atoms with Gasteiger partial charge in [-0.2, -0.15) is 5.10 Å². The summed E-state index contributed by atoms with van der Waals surface area (Å²) in [6.45, 7) is 3.36. The van der Waals surface area contributed by atoms with E-state index in [9.17, 15) is 19.2 Å². The Balaban J connectivity index is 0.00000308. The van der Waals surface area contributed by atoms with E-state index in [1.54, 1.807) is 24.2 Å². The molecular formula is C28H37Cl2N7O5. The average molecular weight is 623 g/mol. The number of rotatable bonds is 9. The fourth-order valence-electron chi connectivity index (χ4n) is 4.81. The Labute approximate surface area is 257 Å². The minimum absolute atomic E-state index is 0. The maximum Gasteiger partial charge on any atom is 0.322 e. The van der Waals surface area contributed by atoms with Gasteiger partial charge in [-0.1, -0.05) is 36.4 Å². The molecule has 14 heteroatoms. The number of nitrogens with one attached hydrogen (secondary N) is 2. The topological polar surface area (TPSA) is 159 Å². The number of hydrogen-bond acceptors (Lipinski definition) is 8. The second-order valence-electron chi connectivity index (χ2n) is 10.7. The zero-order valence-electron chi connectivity index (χ0n) is 23.7. The molecule has 228 valence electrons. The van der Waals surface area contributed by atoms with E-state index in [1.165, 1.54) is 18.9 Å². The van der Waals surface area contributed by atoms with Crippen molar-refractivity contribution in [1.29, 1.82) is 0 Å². The van der Waals surface area contributed by atoms with Crippen LogP contribution < -0.4 is 16.4 Å². The van der Waals surface area contributed by atoms with Crippen LogP contribution in [0.15, 0.2) is 59.8 Å². The van der Waals surface area contributed by atoms with Crippen LogP contribution in [-0.4, -0.2) is 82.7 Å². The lowest BCUT2D eigenvalue weighted by Crippen LogP contribution is -2.61. The van der Waals surface area contributed by atoms with Crippen LogP contribution >= 0.6 is 24.8 Å². The standard InChI is InChI=1S/C28H35N7O5.2ClH/c1-27(2,29)24(37)32-26(39)31-21(17-40-16-19-9-5-4-6-10-19)23(36)35-14-12-22-28(18-35,25(38)34(3)33-22)15-20-11-7-8-13-30-20;;/h4-11,13,21H,12,14-18,29H2,1-3H3,(H2,31,32,37,39);2*1H. The van der Waals surface area contributed by atoms with E-state index in [2.05, 4.69) is 20.7 Å². The van der Waals surface area contributed by atoms with Crippen molar-refractivity contribution in [2.45, 2.75) is 44.9 Å². The molecule has 2 aliphatic rings. The fourth-order valence-corrected chi connectivity index (χ4v) is 4.81. The lowest BCUT2D eigenvalue weighted by Gasteiger charge is -2.40. The van der Waals surface area contributed by atoms with Crippen LogP contribution in [0, 0.1) is 5.41 Å². The number of carbonyl (C=O) groups is 4. The number of likely N-dealkylation sites (tertiary alicyclic amines) is 1. The van der Waals surface area contributed by atoms with Crippen LogP contribution in [-0.2, 0) is 32.1 Å². The van der Waals surface area contributed by atoms with Crippen molar-refractivity contribution in [3.8, 4) is 0 Å². The van der Waals surface area contributed by atoms with Crippen LogP contribution in [0.5, 0.6) is 0 Å². The number of pyridine rings is 1. The molecule has 0 bridgehead atoms. The van der Waals surface area contributed by atoms with Crippen LogP contribution in [0.3, 0.4) is 0 Å². The number of urea groups is 1. The number of aromatic nitrogens is 1. The van der Waals surface area contributed by atoms with Gasteiger partial charge >= 0.3 is 6.03 Å². The summed E-state index contributed by atoms with van der Waals surface area (Å²) >= 11 is 0. The third kappa shape index (κ3) is 8.03. The molecule has 2 atom stereocenters. The van der Waals surface area contributed by atoms with Gasteiger partial charge in [0.1, 0.15) is 11.5 Å². The second kappa shape index (κ2) is 14.5. The molecule has 4 rings (SSSR count). The van der Waals surface area contributed by atoms with Crippen LogP contribution in [0.4, 0.5) is 4.79 Å². The largest absolute Gasteiger partial charge is 0.374 e. The van der Waals surface area contributed by atoms with E-state index in [1.807, 2.05) is 42.5 Å². The molecule has 0 spiro atoms. The molecular weight excluding hydrogens is 585 g/mol. The predicted molar refractivity (Wildman–Crippen MR) is 161 cm³/mol. The van der Waals surface area contributed by atoms with Gasteiger partial charge in [0.2, 0.25) is 11.8 Å². The quantitative estimate of drug-likeness (QED) is 0.384. The summed E-state index contributed by atoms with van der Waals surface area (Å²) in [6, 6.07) is 12.9. The Kier molecular flexibility index (Phi) is 12.0. The van der Waals surface area contributed by atoms with Gasteiger partial charge in [0, 0.05) is 44.9 Å². The number of ether oxygens (including phenoxy) is 1. The molecule has 2 aliphatic heterocycles. The van der Waals surface area contributed by atoms with Crippen LogP contribution in [0.25, 0.3) is 0 Å². The van der Waals surface area contributed by atoms with E-state index in [0.717, 1.165) is 5.56 Å². The smallest absolute Gasteiger partial charge is 0.322 e. The number of fused-ring (bicyclic) bond motifs is 1. The molecule has 0 aliphatic carbocycles. The highest BCUT2D eigenvalue weighted by Gasteiger charge is 2.54. The van der Waals surface area contributed by atoms with Gasteiger partial charge in [0.15, 0.2) is 0 Å². The number of nitrogens with zero attached hydrogens (tertiary/aromatic N) is 4. The molecule has 1 aromatic carbocycles. The Morgan fingerprint density at radius 2 is 1.81 bits per heavy atom. The molecule has 3 heterocycles. The highest BCUT2D eigenvalue weighted by atomic mass is 35.5. The van der Waals surface area contributed by atoms with Gasteiger partial charge in [-0.05, 0) is 31.5 Å². The minimum Gasteiger partial charge on any atom is -0.374 e. The lowest BCUT2D eigenvalue weighted by molar-refractivity contribution is -0.141. The average Bonchev–Trinajstić information content (AvgIpc) is 3.17. The predicted octanol–water partition coefficient (Wildman–Crippen LogP) is 1.66. The number of amides is 5. The van der Waals surface area contributed by atoms with E-state index < -0.39 is 34.8 Å². The SMILES string of the molecule is CN1N=C2CCN(C(=O)C(COCc3ccccc3)NC(=O)NC(=O)C(C)(C)N)CC2(Cc2ccccn2)C1=O.Cl.Cl. The summed E-state index contributed by atoms with van der Waals surface area (Å²) in [5, 5.41) is 10.5. The molecule has 42 heavy (non-hydrogen) atoms. The summed E-state index contributed by atoms with van der Waals surface area (Å²) in [7, 11) is 1.60. The lowest BCUT2D eigenvalue weighted by atomic mass is 9.74. The van der Waals surface area contributed by atoms with Gasteiger partial charge in [-0.25, -0.2) is 9.80 Å². The summed E-state index contributed by atoms with van der Waals surface area (Å²) < 4.78 is 5.80. The molecule has 5 amide bonds. The Hall–Kier alpha value is -3.58. The van der Waals surface area contributed by atoms with Crippen molar-refractivity contribution < 1.29 is 23.9 Å². The molecule has 1 aromatic heterocycles. The van der Waals surface area contributed by atoms with Gasteiger partial charge in [0.05, 0.1) is 24.5 Å². The maximum atomic E-state index is 13.8. The number of hydrogen-bond donors (Lipinski definition) is 3. The van der Waals surface area contributed by atoms with E-state index in [4.69, 9.17) is 10.5 Å². The number of benzene rings is 1. The van der Waals surface area contributed by atoms with Gasteiger partial charge in [0.25, 0.3) is 5.91 Å². The molecule has 4 N–H and O–H groups in total. The molecule has 2 aromatic rings. The summed E-state index contributed by atoms with van der Waals surface area (Å²) in [4.78, 5) is 58.1. The van der Waals surface area contributed by atoms with Crippen LogP contribution in [0.1, 0.15) is 31.5 Å². The molecule has 0 saturated carbocycles. The number of piperidine rings is 1. The van der Waals surface area contributed by atoms with Gasteiger partial charge in [-0.3, -0.25) is 24.7 Å². The third-order valence-electron chi connectivity index (χ3n) is 6.94. The first kappa shape index (κ1) is 34.6. The normalized spacial score (nSPS) is 18.6. The number of nitrogens with two attached hydrogens (primary N) is 1. The Morgan fingerprint density at radius 3 is 2.45 bits per heavy atom. The first-order valence-electron chi connectivity index (χ1n) is 13.1. The number of halogens is 2. The summed E-state index contributed by atoms with van der Waals surface area (Å²) in [5.74, 6) is -1.36. The zero-order valence-corrected chi connectivity index (χ0v) is 25.4. The van der Waals surface area contributed by atoms with Crippen molar-refractivity contribution in [1.82, 2.24) is 25.5 Å². The van der Waals surface area contributed by atoms with Gasteiger partial charge in [-0.15, -0.1) is 24.8 Å². The molecule has 2 unspecified atom stereocenters. The van der Waals surface area contributed by atoms with Crippen molar-refractivity contribution >= 4 is 54.3 Å². The Bertz CT molecular complexity index is 1290. The monoisotopic (exact) mass is 621 g/mol. The van der Waals surface area contributed by atoms with E-state index in [0.29, 0.717) is 24.4 Å². The third-order valence-corrected chi connectivity index (χ3v) is 6.94. The van der Waals surface area contributed by atoms with Gasteiger partial charge < -0.3 is 20.7 Å². The van der Waals surface area contributed by atoms with E-state index >= 15 is 0 Å². The minimum atomic E-state index is -1.30. The van der Waals surface area contributed by atoms with Crippen molar-refractivity contribution in [3.05, 3.63) is 66.0 Å².